The number of hydrogen-bond donors (Lipinski definition) is 2. The van der Waals surface area contributed by atoms with Crippen LogP contribution in [0.2, 0.25) is 10.0 Å². The van der Waals surface area contributed by atoms with Crippen LogP contribution < -0.4 is 11.2 Å². The summed E-state index contributed by atoms with van der Waals surface area (Å²) in [6.07, 6.45) is 1.19. The molecule has 1 amide bonds. The van der Waals surface area contributed by atoms with Crippen molar-refractivity contribution >= 4 is 35.4 Å². The number of amides is 1. The summed E-state index contributed by atoms with van der Waals surface area (Å²) in [4.78, 5) is 11.3. The van der Waals surface area contributed by atoms with Gasteiger partial charge in [0.1, 0.15) is 6.34 Å². The number of carbonyl (C=O) groups excluding carboxylic acids is 1. The molecule has 0 fully saturated rings. The van der Waals surface area contributed by atoms with Crippen molar-refractivity contribution in [1.82, 2.24) is 5.32 Å². The Hall–Kier alpha value is -1.26. The molecule has 0 bridgehead atoms. The summed E-state index contributed by atoms with van der Waals surface area (Å²) in [6, 6.07) is 5.06. The summed E-state index contributed by atoms with van der Waals surface area (Å²) in [5, 5.41) is 6.42. The highest BCUT2D eigenvalue weighted by Crippen LogP contribution is 2.24. The average Bonchev–Trinajstić information content (AvgIpc) is 2.21. The van der Waals surface area contributed by atoms with E-state index in [0.717, 1.165) is 6.34 Å². The molecule has 0 aliphatic rings. The summed E-state index contributed by atoms with van der Waals surface area (Å²) in [5.41, 5.74) is 0.587. The lowest BCUT2D eigenvalue weighted by atomic mass is 10.1. The van der Waals surface area contributed by atoms with Gasteiger partial charge in [0.15, 0.2) is 0 Å². The van der Waals surface area contributed by atoms with E-state index in [-0.39, 0.29) is 12.3 Å². The number of nitrogens with one attached hydrogen (secondary N) is 1. The molecule has 0 spiro atoms. The van der Waals surface area contributed by atoms with Gasteiger partial charge in [-0.05, 0) is 17.7 Å². The van der Waals surface area contributed by atoms with Gasteiger partial charge >= 0.3 is 0 Å². The maximum atomic E-state index is 11.3. The third kappa shape index (κ3) is 3.42. The van der Waals surface area contributed by atoms with Crippen LogP contribution in [0.4, 0.5) is 0 Å². The molecule has 15 heavy (non-hydrogen) atoms. The zero-order valence-corrected chi connectivity index (χ0v) is 9.22. The Morgan fingerprint density at radius 3 is 2.60 bits per heavy atom. The van der Waals surface area contributed by atoms with E-state index < -0.39 is 0 Å². The van der Waals surface area contributed by atoms with Crippen LogP contribution in [0.15, 0.2) is 23.3 Å². The SMILES string of the molecule is N/N=C/NC(=O)Cc1c(Cl)cccc1Cl. The Morgan fingerprint density at radius 1 is 1.47 bits per heavy atom. The number of hydrogen-bond acceptors (Lipinski definition) is 3. The average molecular weight is 246 g/mol. The molecule has 1 aromatic carbocycles. The molecule has 3 N–H and O–H groups in total. The molecule has 0 atom stereocenters. The number of carbonyl (C=O) groups is 1. The summed E-state index contributed by atoms with van der Waals surface area (Å²) in [5.74, 6) is 4.55. The second-order valence-electron chi connectivity index (χ2n) is 2.72. The third-order valence-electron chi connectivity index (χ3n) is 1.70. The normalized spacial score (nSPS) is 10.5. The minimum absolute atomic E-state index is 0.0878. The van der Waals surface area contributed by atoms with E-state index in [1.165, 1.54) is 0 Å². The Morgan fingerprint density at radius 2 is 2.07 bits per heavy atom. The lowest BCUT2D eigenvalue weighted by molar-refractivity contribution is -0.118. The Kier molecular flexibility index (Phi) is 4.39. The standard InChI is InChI=1S/C9H9Cl2N3O/c10-7-2-1-3-8(11)6(7)4-9(15)13-5-14-12/h1-3,5H,4,12H2,(H,13,14,15). The zero-order valence-electron chi connectivity index (χ0n) is 7.71. The lowest BCUT2D eigenvalue weighted by Gasteiger charge is -2.05. The van der Waals surface area contributed by atoms with E-state index in [2.05, 4.69) is 10.4 Å². The minimum atomic E-state index is -0.279. The highest BCUT2D eigenvalue weighted by molar-refractivity contribution is 6.36. The van der Waals surface area contributed by atoms with Crippen molar-refractivity contribution in [3.8, 4) is 0 Å². The molecule has 6 heteroatoms. The van der Waals surface area contributed by atoms with Gasteiger partial charge in [0.05, 0.1) is 6.42 Å². The smallest absolute Gasteiger partial charge is 0.229 e. The highest BCUT2D eigenvalue weighted by Gasteiger charge is 2.09. The number of benzene rings is 1. The second kappa shape index (κ2) is 5.58. The summed E-state index contributed by atoms with van der Waals surface area (Å²) < 4.78 is 0. The summed E-state index contributed by atoms with van der Waals surface area (Å²) in [6.45, 7) is 0. The summed E-state index contributed by atoms with van der Waals surface area (Å²) >= 11 is 11.8. The van der Waals surface area contributed by atoms with Crippen molar-refractivity contribution in [2.24, 2.45) is 10.9 Å². The van der Waals surface area contributed by atoms with Gasteiger partial charge in [-0.25, -0.2) is 0 Å². The van der Waals surface area contributed by atoms with E-state index in [0.29, 0.717) is 15.6 Å². The predicted octanol–water partition coefficient (Wildman–Crippen LogP) is 1.55. The lowest BCUT2D eigenvalue weighted by Crippen LogP contribution is -2.24. The number of rotatable bonds is 3. The third-order valence-corrected chi connectivity index (χ3v) is 2.41. The fraction of sp³-hybridized carbons (Fsp3) is 0.111. The van der Waals surface area contributed by atoms with E-state index in [1.54, 1.807) is 18.2 Å². The van der Waals surface area contributed by atoms with Crippen LogP contribution in [0, 0.1) is 0 Å². The van der Waals surface area contributed by atoms with Crippen LogP contribution >= 0.6 is 23.2 Å². The summed E-state index contributed by atoms with van der Waals surface area (Å²) in [7, 11) is 0. The van der Waals surface area contributed by atoms with Gasteiger partial charge in [-0.3, -0.25) is 4.79 Å². The molecule has 1 rings (SSSR count). The number of halogens is 2. The molecule has 4 nitrogen and oxygen atoms in total. The Labute approximate surface area is 97.0 Å². The van der Waals surface area contributed by atoms with Crippen molar-refractivity contribution in [2.45, 2.75) is 6.42 Å². The Bertz CT molecular complexity index is 373. The molecule has 0 unspecified atom stereocenters. The molecule has 0 aliphatic heterocycles. The van der Waals surface area contributed by atoms with Gasteiger partial charge in [0.2, 0.25) is 5.91 Å². The van der Waals surface area contributed by atoms with Crippen LogP contribution in [-0.4, -0.2) is 12.2 Å². The van der Waals surface area contributed by atoms with Crippen LogP contribution in [0.25, 0.3) is 0 Å². The van der Waals surface area contributed by atoms with E-state index in [1.807, 2.05) is 0 Å². The first kappa shape index (κ1) is 11.8. The molecule has 0 radical (unpaired) electrons. The Balaban J connectivity index is 2.76. The molecule has 0 aliphatic carbocycles. The van der Waals surface area contributed by atoms with Crippen molar-refractivity contribution in [1.29, 1.82) is 0 Å². The molecule has 0 heterocycles. The number of nitrogens with two attached hydrogens (primary N) is 1. The van der Waals surface area contributed by atoms with Crippen molar-refractivity contribution in [3.63, 3.8) is 0 Å². The zero-order chi connectivity index (χ0) is 11.3. The molecule has 0 aromatic heterocycles. The molecular formula is C9H9Cl2N3O. The first-order valence-corrected chi connectivity index (χ1v) is 4.84. The van der Waals surface area contributed by atoms with Crippen LogP contribution in [0.1, 0.15) is 5.56 Å². The monoisotopic (exact) mass is 245 g/mol. The topological polar surface area (TPSA) is 67.5 Å². The molecule has 0 saturated carbocycles. The van der Waals surface area contributed by atoms with E-state index in [9.17, 15) is 4.79 Å². The number of hydrazone groups is 1. The van der Waals surface area contributed by atoms with Gasteiger partial charge in [-0.2, -0.15) is 5.10 Å². The fourth-order valence-electron chi connectivity index (χ4n) is 1.02. The van der Waals surface area contributed by atoms with E-state index >= 15 is 0 Å². The molecule has 0 saturated heterocycles. The molecule has 1 aromatic rings. The maximum absolute atomic E-state index is 11.3. The van der Waals surface area contributed by atoms with Gasteiger partial charge < -0.3 is 11.2 Å². The first-order chi connectivity index (χ1) is 7.15. The minimum Gasteiger partial charge on any atom is -0.322 e. The highest BCUT2D eigenvalue weighted by atomic mass is 35.5. The van der Waals surface area contributed by atoms with Crippen LogP contribution in [0.3, 0.4) is 0 Å². The quantitative estimate of drug-likeness (QED) is 0.367. The van der Waals surface area contributed by atoms with Crippen LogP contribution in [0.5, 0.6) is 0 Å². The van der Waals surface area contributed by atoms with E-state index in [4.69, 9.17) is 29.0 Å². The predicted molar refractivity (Wildman–Crippen MR) is 61.0 cm³/mol. The van der Waals surface area contributed by atoms with Crippen molar-refractivity contribution < 1.29 is 4.79 Å². The molecule has 80 valence electrons. The fourth-order valence-corrected chi connectivity index (χ4v) is 1.55. The van der Waals surface area contributed by atoms with Gasteiger partial charge in [-0.1, -0.05) is 29.3 Å². The second-order valence-corrected chi connectivity index (χ2v) is 3.54. The first-order valence-electron chi connectivity index (χ1n) is 4.09. The van der Waals surface area contributed by atoms with Crippen molar-refractivity contribution in [3.05, 3.63) is 33.8 Å². The molecular weight excluding hydrogens is 237 g/mol. The van der Waals surface area contributed by atoms with Gasteiger partial charge in [-0.15, -0.1) is 0 Å². The van der Waals surface area contributed by atoms with Crippen LogP contribution in [-0.2, 0) is 11.2 Å². The number of nitrogens with zero attached hydrogens (tertiary/aromatic N) is 1. The van der Waals surface area contributed by atoms with Gasteiger partial charge in [0.25, 0.3) is 0 Å². The van der Waals surface area contributed by atoms with Gasteiger partial charge in [0, 0.05) is 10.0 Å². The van der Waals surface area contributed by atoms with Crippen molar-refractivity contribution in [2.75, 3.05) is 0 Å². The maximum Gasteiger partial charge on any atom is 0.229 e. The largest absolute Gasteiger partial charge is 0.322 e.